The summed E-state index contributed by atoms with van der Waals surface area (Å²) in [6, 6.07) is 8.17. The molecule has 0 saturated heterocycles. The third-order valence-corrected chi connectivity index (χ3v) is 6.10. The second kappa shape index (κ2) is 8.32. The Balaban J connectivity index is 1.75. The van der Waals surface area contributed by atoms with E-state index < -0.39 is 0 Å². The van der Waals surface area contributed by atoms with Crippen LogP contribution in [-0.2, 0) is 11.2 Å². The Bertz CT molecular complexity index is 877. The Morgan fingerprint density at radius 3 is 2.88 bits per heavy atom. The van der Waals surface area contributed by atoms with E-state index in [1.165, 1.54) is 17.3 Å². The van der Waals surface area contributed by atoms with Crippen molar-refractivity contribution in [3.8, 4) is 0 Å². The molecule has 1 aliphatic heterocycles. The molecule has 1 amide bonds. The van der Waals surface area contributed by atoms with Gasteiger partial charge in [-0.3, -0.25) is 4.79 Å². The van der Waals surface area contributed by atoms with Crippen molar-refractivity contribution < 1.29 is 4.79 Å². The van der Waals surface area contributed by atoms with Gasteiger partial charge in [-0.1, -0.05) is 55.3 Å². The van der Waals surface area contributed by atoms with Crippen LogP contribution in [0.25, 0.3) is 12.2 Å². The van der Waals surface area contributed by atoms with E-state index in [9.17, 15) is 4.79 Å². The highest BCUT2D eigenvalue weighted by Crippen LogP contribution is 2.28. The Kier molecular flexibility index (Phi) is 5.89. The zero-order chi connectivity index (χ0) is 17.6. The van der Waals surface area contributed by atoms with Crippen molar-refractivity contribution in [2.45, 2.75) is 17.2 Å². The lowest BCUT2D eigenvalue weighted by Crippen LogP contribution is -2.36. The van der Waals surface area contributed by atoms with Gasteiger partial charge in [-0.05, 0) is 36.6 Å². The molecule has 0 aliphatic carbocycles. The van der Waals surface area contributed by atoms with Gasteiger partial charge in [0.2, 0.25) is 5.91 Å². The third kappa shape index (κ3) is 4.11. The molecule has 25 heavy (non-hydrogen) atoms. The first-order valence-electron chi connectivity index (χ1n) is 8.16. The number of rotatable bonds is 5. The van der Waals surface area contributed by atoms with Crippen LogP contribution in [0.5, 0.6) is 0 Å². The molecule has 1 aromatic carbocycles. The van der Waals surface area contributed by atoms with E-state index in [2.05, 4.69) is 24.2 Å². The fraction of sp³-hybridized carbons (Fsp3) is 0.200. The molecule has 0 saturated carbocycles. The van der Waals surface area contributed by atoms with Gasteiger partial charge >= 0.3 is 0 Å². The van der Waals surface area contributed by atoms with Crippen LogP contribution < -0.4 is 14.8 Å². The molecule has 0 unspecified atom stereocenters. The average Bonchev–Trinajstić information content (AvgIpc) is 3.01. The molecule has 0 fully saturated rings. The number of nitrogens with zero attached hydrogens (tertiary/aromatic N) is 2. The lowest BCUT2D eigenvalue weighted by Gasteiger charge is -2.29. The van der Waals surface area contributed by atoms with Crippen molar-refractivity contribution in [3.63, 3.8) is 0 Å². The van der Waals surface area contributed by atoms with Gasteiger partial charge in [-0.15, -0.1) is 11.3 Å². The molecule has 128 valence electrons. The van der Waals surface area contributed by atoms with Crippen molar-refractivity contribution >= 4 is 46.8 Å². The van der Waals surface area contributed by atoms with E-state index in [1.54, 1.807) is 23.5 Å². The van der Waals surface area contributed by atoms with Crippen LogP contribution in [0.1, 0.15) is 12.0 Å². The molecule has 1 aromatic heterocycles. The summed E-state index contributed by atoms with van der Waals surface area (Å²) in [5, 5.41) is 0.873. The molecule has 5 heteroatoms. The Morgan fingerprint density at radius 2 is 2.08 bits per heavy atom. The van der Waals surface area contributed by atoms with Crippen LogP contribution in [-0.4, -0.2) is 23.2 Å². The van der Waals surface area contributed by atoms with Gasteiger partial charge in [0.25, 0.3) is 0 Å². The number of aryl methyl sites for hydroxylation is 1. The van der Waals surface area contributed by atoms with Crippen molar-refractivity contribution in [1.82, 2.24) is 4.98 Å². The summed E-state index contributed by atoms with van der Waals surface area (Å²) in [5.41, 5.74) is 2.31. The minimum Gasteiger partial charge on any atom is -0.311 e. The molecule has 0 radical (unpaired) electrons. The zero-order valence-corrected chi connectivity index (χ0v) is 15.6. The number of carbonyl (C=O) groups excluding carboxylic acids is 1. The number of benzene rings is 1. The first kappa shape index (κ1) is 17.7. The van der Waals surface area contributed by atoms with E-state index in [-0.39, 0.29) is 5.91 Å². The average molecular weight is 369 g/mol. The SMILES string of the molecule is C=C/C=c1/nc(SCC(=O)N2CCCc3ccccc32)s/c1=C/C=C. The number of thioether (sulfide) groups is 1. The minimum absolute atomic E-state index is 0.135. The number of fused-ring (bicyclic) bond motifs is 1. The topological polar surface area (TPSA) is 33.2 Å². The van der Waals surface area contributed by atoms with Crippen LogP contribution in [0.3, 0.4) is 0 Å². The Labute approximate surface area is 156 Å². The number of hydrogen-bond acceptors (Lipinski definition) is 4. The fourth-order valence-electron chi connectivity index (χ4n) is 2.84. The van der Waals surface area contributed by atoms with Gasteiger partial charge in [-0.2, -0.15) is 0 Å². The third-order valence-electron chi connectivity index (χ3n) is 3.94. The maximum absolute atomic E-state index is 12.7. The minimum atomic E-state index is 0.135. The standard InChI is InChI=1S/C20H20N2OS2/c1-3-8-16-18(9-4-2)25-20(21-16)24-14-19(23)22-13-7-11-15-10-5-6-12-17(15)22/h3-6,8-10,12H,1-2,7,11,13-14H2/b16-8+,18-9+. The first-order valence-corrected chi connectivity index (χ1v) is 9.96. The second-order valence-corrected chi connectivity index (χ2v) is 7.85. The highest BCUT2D eigenvalue weighted by atomic mass is 32.2. The summed E-state index contributed by atoms with van der Waals surface area (Å²) in [7, 11) is 0. The van der Waals surface area contributed by atoms with Crippen LogP contribution in [0.2, 0.25) is 0 Å². The van der Waals surface area contributed by atoms with Gasteiger partial charge in [0.05, 0.1) is 15.6 Å². The Morgan fingerprint density at radius 1 is 1.28 bits per heavy atom. The maximum Gasteiger partial charge on any atom is 0.237 e. The van der Waals surface area contributed by atoms with Gasteiger partial charge in [0.1, 0.15) is 0 Å². The number of thiazole rings is 1. The number of hydrogen-bond donors (Lipinski definition) is 0. The molecule has 2 aromatic rings. The summed E-state index contributed by atoms with van der Waals surface area (Å²) < 4.78 is 1.92. The van der Waals surface area contributed by atoms with E-state index in [0.717, 1.165) is 39.3 Å². The summed E-state index contributed by atoms with van der Waals surface area (Å²) in [4.78, 5) is 19.2. The van der Waals surface area contributed by atoms with Crippen molar-refractivity contribution in [2.24, 2.45) is 0 Å². The fourth-order valence-corrected chi connectivity index (χ4v) is 4.80. The van der Waals surface area contributed by atoms with Crippen LogP contribution in [0.15, 0.2) is 53.9 Å². The molecule has 3 nitrogen and oxygen atoms in total. The van der Waals surface area contributed by atoms with E-state index in [1.807, 2.05) is 35.3 Å². The highest BCUT2D eigenvalue weighted by Gasteiger charge is 2.22. The number of amides is 1. The molecule has 0 spiro atoms. The maximum atomic E-state index is 12.7. The number of para-hydroxylation sites is 1. The monoisotopic (exact) mass is 368 g/mol. The van der Waals surface area contributed by atoms with Crippen LogP contribution in [0.4, 0.5) is 5.69 Å². The molecule has 0 bridgehead atoms. The van der Waals surface area contributed by atoms with Crippen LogP contribution in [0, 0.1) is 0 Å². The molecule has 1 aliphatic rings. The number of allylic oxidation sites excluding steroid dienone is 2. The van der Waals surface area contributed by atoms with Gasteiger partial charge in [0, 0.05) is 12.2 Å². The van der Waals surface area contributed by atoms with Gasteiger partial charge in [0.15, 0.2) is 4.34 Å². The number of anilines is 1. The Hall–Kier alpha value is -2.11. The quantitative estimate of drug-likeness (QED) is 0.760. The summed E-state index contributed by atoms with van der Waals surface area (Å²) in [5.74, 6) is 0.527. The van der Waals surface area contributed by atoms with Crippen molar-refractivity contribution in [3.05, 3.63) is 65.0 Å². The largest absolute Gasteiger partial charge is 0.311 e. The summed E-state index contributed by atoms with van der Waals surface area (Å²) in [6.07, 6.45) is 9.33. The second-order valence-electron chi connectivity index (χ2n) is 5.60. The lowest BCUT2D eigenvalue weighted by atomic mass is 10.0. The zero-order valence-electron chi connectivity index (χ0n) is 14.0. The predicted molar refractivity (Wildman–Crippen MR) is 109 cm³/mol. The lowest BCUT2D eigenvalue weighted by molar-refractivity contribution is -0.116. The number of aromatic nitrogens is 1. The van der Waals surface area contributed by atoms with E-state index >= 15 is 0 Å². The highest BCUT2D eigenvalue weighted by molar-refractivity contribution is 8.01. The number of carbonyl (C=O) groups is 1. The molecule has 0 atom stereocenters. The smallest absolute Gasteiger partial charge is 0.237 e. The van der Waals surface area contributed by atoms with E-state index in [4.69, 9.17) is 0 Å². The molecule has 2 heterocycles. The molecule has 3 rings (SSSR count). The molecule has 0 N–H and O–H groups in total. The summed E-state index contributed by atoms with van der Waals surface area (Å²) >= 11 is 3.06. The predicted octanol–water partition coefficient (Wildman–Crippen LogP) is 3.15. The molecular weight excluding hydrogens is 348 g/mol. The van der Waals surface area contributed by atoms with Crippen LogP contribution >= 0.6 is 23.1 Å². The van der Waals surface area contributed by atoms with E-state index in [0.29, 0.717) is 5.75 Å². The normalized spacial score (nSPS) is 15.1. The van der Waals surface area contributed by atoms with Gasteiger partial charge in [-0.25, -0.2) is 4.98 Å². The molecular formula is C20H20N2OS2. The summed E-state index contributed by atoms with van der Waals surface area (Å²) in [6.45, 7) is 8.26. The van der Waals surface area contributed by atoms with Gasteiger partial charge < -0.3 is 4.90 Å². The van der Waals surface area contributed by atoms with Crippen molar-refractivity contribution in [1.29, 1.82) is 0 Å². The first-order chi connectivity index (χ1) is 12.2. The van der Waals surface area contributed by atoms with Crippen molar-refractivity contribution in [2.75, 3.05) is 17.2 Å².